The van der Waals surface area contributed by atoms with E-state index in [1.165, 1.54) is 6.07 Å². The molecule has 0 aliphatic rings. The van der Waals surface area contributed by atoms with E-state index < -0.39 is 26.2 Å². The van der Waals surface area contributed by atoms with Crippen LogP contribution in [0.25, 0.3) is 21.9 Å². The Balaban J connectivity index is 0.000000489. The number of fused-ring (bicyclic) bond motifs is 1. The molecule has 34 heavy (non-hydrogen) atoms. The topological polar surface area (TPSA) is 234 Å². The first-order chi connectivity index (χ1) is 15.5. The van der Waals surface area contributed by atoms with Crippen molar-refractivity contribution in [3.8, 4) is 11.1 Å². The lowest BCUT2D eigenvalue weighted by Crippen LogP contribution is -2.20. The van der Waals surface area contributed by atoms with Gasteiger partial charge in [0.2, 0.25) is 0 Å². The first-order valence-corrected chi connectivity index (χ1v) is 12.8. The summed E-state index contributed by atoms with van der Waals surface area (Å²) in [5.74, 6) is -1.36. The first-order valence-electron chi connectivity index (χ1n) is 9.08. The third-order valence-corrected chi connectivity index (χ3v) is 3.74. The van der Waals surface area contributed by atoms with Crippen molar-refractivity contribution in [3.63, 3.8) is 0 Å². The Morgan fingerprint density at radius 2 is 1.41 bits per heavy atom. The number of carboxylic acid groups (broad SMARTS) is 1. The zero-order valence-electron chi connectivity index (χ0n) is 18.1. The zero-order valence-corrected chi connectivity index (χ0v) is 19.7. The minimum Gasteiger partial charge on any atom is -0.478 e. The monoisotopic (exact) mass is 512 g/mol. The van der Waals surface area contributed by atoms with Crippen molar-refractivity contribution in [1.29, 1.82) is 5.41 Å². The quantitative estimate of drug-likeness (QED) is 0.116. The van der Waals surface area contributed by atoms with E-state index in [0.717, 1.165) is 16.3 Å². The third kappa shape index (κ3) is 10.3. The van der Waals surface area contributed by atoms with Crippen molar-refractivity contribution >= 4 is 54.3 Å². The molecule has 3 aromatic rings. The summed E-state index contributed by atoms with van der Waals surface area (Å²) >= 11 is 0. The van der Waals surface area contributed by atoms with Crippen molar-refractivity contribution in [2.24, 2.45) is 5.73 Å². The van der Waals surface area contributed by atoms with Gasteiger partial charge in [0, 0.05) is 16.9 Å². The van der Waals surface area contributed by atoms with Crippen LogP contribution in [0.1, 0.15) is 10.4 Å². The molecule has 0 aliphatic heterocycles. The second-order valence-corrected chi connectivity index (χ2v) is 9.76. The van der Waals surface area contributed by atoms with Gasteiger partial charge in [-0.05, 0) is 28.5 Å². The summed E-state index contributed by atoms with van der Waals surface area (Å²) in [6, 6.07) is 16.5. The number of guanidine groups is 1. The third-order valence-electron chi connectivity index (χ3n) is 3.74. The van der Waals surface area contributed by atoms with Crippen molar-refractivity contribution in [3.05, 3.63) is 60.2 Å². The molecule has 12 nitrogen and oxygen atoms in total. The van der Waals surface area contributed by atoms with Crippen LogP contribution in [0.4, 0.5) is 11.4 Å². The molecule has 0 bridgehead atoms. The van der Waals surface area contributed by atoms with E-state index in [9.17, 15) is 26.7 Å². The number of anilines is 2. The molecule has 9 N–H and O–H groups in total. The maximum Gasteiger partial charge on any atom is 0.338 e. The lowest BCUT2D eigenvalue weighted by Gasteiger charge is -2.15. The summed E-state index contributed by atoms with van der Waals surface area (Å²) < 4.78 is 51.7. The summed E-state index contributed by atoms with van der Waals surface area (Å²) in [7, 11) is -7.33. The highest BCUT2D eigenvalue weighted by molar-refractivity contribution is 7.85. The zero-order chi connectivity index (χ0) is 26.3. The number of carbonyl (C=O) groups is 1. The summed E-state index contributed by atoms with van der Waals surface area (Å²) in [5, 5.41) is 21.5. The van der Waals surface area contributed by atoms with Crippen LogP contribution >= 0.6 is 0 Å². The van der Waals surface area contributed by atoms with E-state index in [0.29, 0.717) is 23.8 Å². The number of aromatic carboxylic acids is 1. The molecule has 0 radical (unpaired) electrons. The fraction of sp³-hybridized carbons (Fsp3) is 0.100. The molecular formula is C20H24N4O8S2. The SMILES string of the molecule is CS(=O)(=O)O.CS(=O)(=O)O.N=C(N)Nc1cc(N)c(C(=O)O)c(-c2cccc3ccccc23)c1. The number of nitrogen functional groups attached to an aromatic ring is 1. The second-order valence-electron chi connectivity index (χ2n) is 6.82. The van der Waals surface area contributed by atoms with Crippen LogP contribution in [0.2, 0.25) is 0 Å². The maximum atomic E-state index is 11.7. The van der Waals surface area contributed by atoms with Crippen molar-refractivity contribution in [1.82, 2.24) is 0 Å². The van der Waals surface area contributed by atoms with Crippen LogP contribution in [0.15, 0.2) is 54.6 Å². The van der Waals surface area contributed by atoms with Gasteiger partial charge in [-0.25, -0.2) is 4.79 Å². The van der Waals surface area contributed by atoms with Crippen LogP contribution in [-0.2, 0) is 20.2 Å². The van der Waals surface area contributed by atoms with Gasteiger partial charge in [-0.3, -0.25) is 14.5 Å². The molecule has 14 heteroatoms. The number of nitrogens with one attached hydrogen (secondary N) is 2. The van der Waals surface area contributed by atoms with Gasteiger partial charge >= 0.3 is 5.97 Å². The number of hydrogen-bond donors (Lipinski definition) is 7. The second kappa shape index (κ2) is 11.4. The van der Waals surface area contributed by atoms with Gasteiger partial charge in [0.15, 0.2) is 5.96 Å². The lowest BCUT2D eigenvalue weighted by atomic mass is 9.93. The van der Waals surface area contributed by atoms with Gasteiger partial charge in [0.1, 0.15) is 0 Å². The van der Waals surface area contributed by atoms with Crippen molar-refractivity contribution in [2.75, 3.05) is 23.6 Å². The van der Waals surface area contributed by atoms with E-state index in [1.54, 1.807) is 6.07 Å². The Hall–Kier alpha value is -3.72. The highest BCUT2D eigenvalue weighted by Crippen LogP contribution is 2.35. The fourth-order valence-electron chi connectivity index (χ4n) is 2.80. The molecule has 0 atom stereocenters. The average molecular weight is 513 g/mol. The van der Waals surface area contributed by atoms with Gasteiger partial charge in [-0.1, -0.05) is 42.5 Å². The molecule has 0 amide bonds. The molecule has 0 spiro atoms. The summed E-state index contributed by atoms with van der Waals surface area (Å²) in [5.41, 5.74) is 13.1. The molecule has 0 aromatic heterocycles. The summed E-state index contributed by atoms with van der Waals surface area (Å²) in [6.45, 7) is 0. The maximum absolute atomic E-state index is 11.7. The molecule has 3 aromatic carbocycles. The molecular weight excluding hydrogens is 488 g/mol. The predicted molar refractivity (Wildman–Crippen MR) is 131 cm³/mol. The number of hydrogen-bond acceptors (Lipinski definition) is 7. The van der Waals surface area contributed by atoms with Gasteiger partial charge in [0.05, 0.1) is 18.1 Å². The lowest BCUT2D eigenvalue weighted by molar-refractivity contribution is 0.0699. The van der Waals surface area contributed by atoms with E-state index >= 15 is 0 Å². The largest absolute Gasteiger partial charge is 0.478 e. The standard InChI is InChI=1S/C18H16N4O2.2CH4O3S/c19-15-9-11(22-18(20)21)8-14(16(15)17(23)24)13-7-3-5-10-4-1-2-6-12(10)13;2*1-5(2,3)4/h1-9H,19H2,(H,23,24)(H4,20,21,22);2*1H3,(H,2,3,4). The minimum absolute atomic E-state index is 0.0282. The molecule has 0 fully saturated rings. The molecule has 0 unspecified atom stereocenters. The fourth-order valence-corrected chi connectivity index (χ4v) is 2.80. The Labute approximate surface area is 196 Å². The highest BCUT2D eigenvalue weighted by atomic mass is 32.2. The van der Waals surface area contributed by atoms with E-state index in [2.05, 4.69) is 5.32 Å². The number of rotatable bonds is 3. The van der Waals surface area contributed by atoms with Crippen LogP contribution in [-0.4, -0.2) is 55.5 Å². The Morgan fingerprint density at radius 3 is 1.91 bits per heavy atom. The van der Waals surface area contributed by atoms with Crippen LogP contribution in [0, 0.1) is 5.41 Å². The number of benzene rings is 3. The smallest absolute Gasteiger partial charge is 0.338 e. The van der Waals surface area contributed by atoms with Gasteiger partial charge < -0.3 is 21.9 Å². The predicted octanol–water partition coefficient (Wildman–Crippen LogP) is 2.10. The summed E-state index contributed by atoms with van der Waals surface area (Å²) in [4.78, 5) is 11.7. The van der Waals surface area contributed by atoms with Crippen molar-refractivity contribution in [2.45, 2.75) is 0 Å². The first kappa shape index (κ1) is 28.3. The normalized spacial score (nSPS) is 10.8. The number of carboxylic acids is 1. The van der Waals surface area contributed by atoms with Gasteiger partial charge in [0.25, 0.3) is 20.2 Å². The van der Waals surface area contributed by atoms with E-state index in [1.807, 2.05) is 42.5 Å². The Kier molecular flexibility index (Phi) is 9.51. The summed E-state index contributed by atoms with van der Waals surface area (Å²) in [6.07, 6.45) is 1.43. The van der Waals surface area contributed by atoms with Gasteiger partial charge in [-0.2, -0.15) is 16.8 Å². The molecule has 0 saturated carbocycles. The average Bonchev–Trinajstić information content (AvgIpc) is 2.63. The molecule has 184 valence electrons. The molecule has 0 aliphatic carbocycles. The minimum atomic E-state index is -3.67. The Morgan fingerprint density at radius 1 is 0.912 bits per heavy atom. The molecule has 0 heterocycles. The van der Waals surface area contributed by atoms with Crippen LogP contribution < -0.4 is 16.8 Å². The Bertz CT molecular complexity index is 1370. The molecule has 0 saturated heterocycles. The van der Waals surface area contributed by atoms with Crippen LogP contribution in [0.5, 0.6) is 0 Å². The number of nitrogens with two attached hydrogens (primary N) is 2. The van der Waals surface area contributed by atoms with Gasteiger partial charge in [-0.15, -0.1) is 0 Å². The molecule has 3 rings (SSSR count). The highest BCUT2D eigenvalue weighted by Gasteiger charge is 2.18. The van der Waals surface area contributed by atoms with Crippen molar-refractivity contribution < 1.29 is 35.8 Å². The van der Waals surface area contributed by atoms with E-state index in [-0.39, 0.29) is 17.2 Å². The van der Waals surface area contributed by atoms with E-state index in [4.69, 9.17) is 26.0 Å². The van der Waals surface area contributed by atoms with Crippen LogP contribution in [0.3, 0.4) is 0 Å².